The molecular weight excluding hydrogens is 584 g/mol. The lowest BCUT2D eigenvalue weighted by Crippen LogP contribution is -2.50. The minimum Gasteiger partial charge on any atom is -0.393 e. The molecule has 8 rings (SSSR count). The van der Waals surface area contributed by atoms with Crippen molar-refractivity contribution in [2.75, 3.05) is 6.61 Å². The first-order chi connectivity index (χ1) is 22.5. The number of carbonyl (C=O) groups excluding carboxylic acids is 2. The molecule has 5 fully saturated rings. The second kappa shape index (κ2) is 12.4. The van der Waals surface area contributed by atoms with E-state index < -0.39 is 0 Å². The first-order valence-corrected chi connectivity index (χ1v) is 18.3. The molecule has 5 heteroatoms. The lowest BCUT2D eigenvalue weighted by Gasteiger charge is -2.57. The lowest BCUT2D eigenvalue weighted by molar-refractivity contribution is -0.272. The van der Waals surface area contributed by atoms with Gasteiger partial charge in [0.05, 0.1) is 18.8 Å². The van der Waals surface area contributed by atoms with E-state index in [0.29, 0.717) is 46.2 Å². The molecule has 12 atom stereocenters. The third-order valence-corrected chi connectivity index (χ3v) is 14.0. The summed E-state index contributed by atoms with van der Waals surface area (Å²) in [5, 5.41) is 10.3. The fourth-order valence-electron chi connectivity index (χ4n) is 11.4. The predicted molar refractivity (Wildman–Crippen MR) is 184 cm³/mol. The Balaban J connectivity index is 0.000000176. The molecule has 2 saturated heterocycles. The molecule has 12 unspecified atom stereocenters. The molecule has 1 aromatic rings. The van der Waals surface area contributed by atoms with E-state index in [1.54, 1.807) is 11.6 Å². The zero-order valence-corrected chi connectivity index (χ0v) is 28.8. The van der Waals surface area contributed by atoms with E-state index in [9.17, 15) is 14.7 Å². The van der Waals surface area contributed by atoms with Crippen LogP contribution in [-0.4, -0.2) is 41.3 Å². The number of aliphatic hydroxyl groups is 1. The number of rotatable bonds is 3. The summed E-state index contributed by atoms with van der Waals surface area (Å²) >= 11 is 0. The van der Waals surface area contributed by atoms with Gasteiger partial charge in [0.1, 0.15) is 0 Å². The zero-order chi connectivity index (χ0) is 33.1. The van der Waals surface area contributed by atoms with Crippen LogP contribution in [0.4, 0.5) is 0 Å². The normalized spacial score (nSPS) is 44.2. The second-order valence-corrected chi connectivity index (χ2v) is 16.5. The van der Waals surface area contributed by atoms with Gasteiger partial charge in [0.2, 0.25) is 0 Å². The van der Waals surface area contributed by atoms with E-state index in [-0.39, 0.29) is 29.4 Å². The van der Waals surface area contributed by atoms with Gasteiger partial charge >= 0.3 is 0 Å². The summed E-state index contributed by atoms with van der Waals surface area (Å²) in [4.78, 5) is 23.1. The third-order valence-electron chi connectivity index (χ3n) is 14.0. The van der Waals surface area contributed by atoms with Crippen LogP contribution in [0.5, 0.6) is 0 Å². The topological polar surface area (TPSA) is 72.8 Å². The fourth-order valence-corrected chi connectivity index (χ4v) is 11.4. The van der Waals surface area contributed by atoms with Crippen LogP contribution >= 0.6 is 0 Å². The molecule has 47 heavy (non-hydrogen) atoms. The van der Waals surface area contributed by atoms with E-state index in [1.165, 1.54) is 56.8 Å². The number of benzene rings is 1. The van der Waals surface area contributed by atoms with Crippen molar-refractivity contribution in [3.8, 4) is 0 Å². The number of ether oxygens (including phenoxy) is 2. The molecule has 252 valence electrons. The van der Waals surface area contributed by atoms with E-state index in [0.717, 1.165) is 43.3 Å². The van der Waals surface area contributed by atoms with E-state index in [2.05, 4.69) is 40.3 Å². The van der Waals surface area contributed by atoms with Gasteiger partial charge in [-0.2, -0.15) is 0 Å². The maximum absolute atomic E-state index is 11.8. The summed E-state index contributed by atoms with van der Waals surface area (Å²) in [5.74, 6) is 3.18. The van der Waals surface area contributed by atoms with Crippen LogP contribution in [0.25, 0.3) is 0 Å². The maximum atomic E-state index is 11.8. The molecule has 0 bridgehead atoms. The second-order valence-electron chi connectivity index (χ2n) is 16.5. The highest BCUT2D eigenvalue weighted by molar-refractivity contribution is 6.18. The molecule has 2 aliphatic heterocycles. The van der Waals surface area contributed by atoms with Crippen LogP contribution in [0.3, 0.4) is 0 Å². The zero-order valence-electron chi connectivity index (χ0n) is 28.8. The van der Waals surface area contributed by atoms with E-state index >= 15 is 0 Å². The quantitative estimate of drug-likeness (QED) is 0.266. The molecule has 0 radical (unpaired) electrons. The average Bonchev–Trinajstić information content (AvgIpc) is 3.51. The number of hydrogen-bond donors (Lipinski definition) is 1. The highest BCUT2D eigenvalue weighted by Gasteiger charge is 2.67. The van der Waals surface area contributed by atoms with E-state index in [1.807, 2.05) is 30.3 Å². The molecule has 1 spiro atoms. The highest BCUT2D eigenvalue weighted by atomic mass is 16.7. The van der Waals surface area contributed by atoms with Crippen molar-refractivity contribution in [1.82, 2.24) is 0 Å². The average molecular weight is 639 g/mol. The van der Waals surface area contributed by atoms with Crippen LogP contribution in [0.15, 0.2) is 78.4 Å². The number of aliphatic hydroxyl groups excluding tert-OH is 1. The monoisotopic (exact) mass is 638 g/mol. The summed E-state index contributed by atoms with van der Waals surface area (Å²) in [6.45, 7) is 14.5. The molecule has 5 aliphatic carbocycles. The summed E-state index contributed by atoms with van der Waals surface area (Å²) in [6, 6.07) is 9.55. The number of hydrogen-bond acceptors (Lipinski definition) is 5. The smallest absolute Gasteiger partial charge is 0.183 e. The van der Waals surface area contributed by atoms with Gasteiger partial charge in [0.15, 0.2) is 17.4 Å². The first-order valence-electron chi connectivity index (χ1n) is 18.3. The summed E-state index contributed by atoms with van der Waals surface area (Å²) < 4.78 is 13.3. The standard InChI is InChI=1S/C27H42O3.C15H12O2/c1-16-7-12-27(29-15-16)17(2)24-23(30-27)14-22-20-6-5-18-13-19(28)8-10-25(18,3)21(20)9-11-26(22,24)4;1-2-13(11-6-4-3-5-7-11)14-10-12(16)8-9-15(14)17/h9,16-20,22-24,28H,5-8,10-15H2,1-4H3;2-10,13H,1H2. The minimum absolute atomic E-state index is 0.0661. The Labute approximate surface area is 281 Å². The van der Waals surface area contributed by atoms with Gasteiger partial charge in [-0.1, -0.05) is 75.8 Å². The Kier molecular flexibility index (Phi) is 8.67. The number of fused-ring (bicyclic) bond motifs is 7. The van der Waals surface area contributed by atoms with Crippen molar-refractivity contribution >= 4 is 11.6 Å². The molecule has 7 aliphatic rings. The fraction of sp³-hybridized carbons (Fsp3) is 0.619. The Morgan fingerprint density at radius 2 is 1.79 bits per heavy atom. The number of allylic oxidation sites excluding steroid dienone is 7. The molecule has 1 aromatic carbocycles. The summed E-state index contributed by atoms with van der Waals surface area (Å²) in [7, 11) is 0. The molecule has 3 saturated carbocycles. The molecular formula is C42H54O5. The maximum Gasteiger partial charge on any atom is 0.183 e. The Morgan fingerprint density at radius 3 is 2.51 bits per heavy atom. The summed E-state index contributed by atoms with van der Waals surface area (Å²) in [5.41, 5.74) is 3.91. The van der Waals surface area contributed by atoms with Crippen LogP contribution in [0.1, 0.15) is 97.0 Å². The molecule has 0 amide bonds. The van der Waals surface area contributed by atoms with Gasteiger partial charge in [0, 0.05) is 23.8 Å². The minimum atomic E-state index is -0.303. The van der Waals surface area contributed by atoms with Gasteiger partial charge < -0.3 is 14.6 Å². The predicted octanol–water partition coefficient (Wildman–Crippen LogP) is 8.30. The van der Waals surface area contributed by atoms with Gasteiger partial charge in [0.25, 0.3) is 0 Å². The van der Waals surface area contributed by atoms with Crippen LogP contribution in [-0.2, 0) is 19.1 Å². The first kappa shape index (κ1) is 32.9. The van der Waals surface area contributed by atoms with Crippen LogP contribution in [0, 0.1) is 46.3 Å². The van der Waals surface area contributed by atoms with Crippen LogP contribution < -0.4 is 0 Å². The molecule has 2 heterocycles. The van der Waals surface area contributed by atoms with Crippen molar-refractivity contribution in [3.63, 3.8) is 0 Å². The summed E-state index contributed by atoms with van der Waals surface area (Å²) in [6.07, 6.45) is 19.3. The number of ketones is 2. The van der Waals surface area contributed by atoms with Crippen molar-refractivity contribution in [2.45, 2.75) is 109 Å². The lowest BCUT2D eigenvalue weighted by atomic mass is 9.48. The van der Waals surface area contributed by atoms with Crippen molar-refractivity contribution in [1.29, 1.82) is 0 Å². The molecule has 1 N–H and O–H groups in total. The van der Waals surface area contributed by atoms with Crippen molar-refractivity contribution in [2.24, 2.45) is 46.3 Å². The largest absolute Gasteiger partial charge is 0.393 e. The Bertz CT molecular complexity index is 1480. The van der Waals surface area contributed by atoms with Crippen molar-refractivity contribution < 1.29 is 24.2 Å². The van der Waals surface area contributed by atoms with Crippen LogP contribution in [0.2, 0.25) is 0 Å². The highest BCUT2D eigenvalue weighted by Crippen LogP contribution is 2.69. The van der Waals surface area contributed by atoms with Gasteiger partial charge in [-0.05, 0) is 116 Å². The van der Waals surface area contributed by atoms with Crippen molar-refractivity contribution in [3.05, 3.63) is 84.0 Å². The Morgan fingerprint density at radius 1 is 1.00 bits per heavy atom. The third kappa shape index (κ3) is 5.49. The van der Waals surface area contributed by atoms with Gasteiger partial charge in [-0.25, -0.2) is 0 Å². The number of carbonyl (C=O) groups is 2. The van der Waals surface area contributed by atoms with Gasteiger partial charge in [-0.3, -0.25) is 9.59 Å². The van der Waals surface area contributed by atoms with Gasteiger partial charge in [-0.15, -0.1) is 6.58 Å². The SMILES string of the molecule is C=CC(C1=CC(=O)C=CC1=O)c1ccccc1.CC1CCC2(OC1)OC1CC3C4CCC5CC(O)CCC5(C)C4=CCC3(C)C1C2C. The van der Waals surface area contributed by atoms with E-state index in [4.69, 9.17) is 9.47 Å². The molecule has 5 nitrogen and oxygen atoms in total. The molecule has 0 aromatic heterocycles. The Hall–Kier alpha value is -2.60.